The van der Waals surface area contributed by atoms with Crippen LogP contribution < -0.4 is 10.1 Å². The van der Waals surface area contributed by atoms with Gasteiger partial charge in [-0.3, -0.25) is 4.79 Å². The Labute approximate surface area is 176 Å². The van der Waals surface area contributed by atoms with Crippen LogP contribution in [0.1, 0.15) is 44.6 Å². The SMILES string of the molecule is COC[C@H](C)Oc1ccc(NC(=O)C2(c3ccccc3F)CCCCC2)cc1Cl. The topological polar surface area (TPSA) is 47.6 Å². The third kappa shape index (κ3) is 4.90. The van der Waals surface area contributed by atoms with E-state index in [4.69, 9.17) is 21.1 Å². The van der Waals surface area contributed by atoms with Crippen molar-refractivity contribution in [3.05, 3.63) is 58.9 Å². The second kappa shape index (κ2) is 9.59. The Morgan fingerprint density at radius 2 is 1.93 bits per heavy atom. The lowest BCUT2D eigenvalue weighted by Crippen LogP contribution is -2.42. The maximum Gasteiger partial charge on any atom is 0.235 e. The van der Waals surface area contributed by atoms with Gasteiger partial charge in [-0.15, -0.1) is 0 Å². The van der Waals surface area contributed by atoms with Crippen LogP contribution >= 0.6 is 11.6 Å². The highest BCUT2D eigenvalue weighted by Crippen LogP contribution is 2.42. The van der Waals surface area contributed by atoms with Crippen molar-refractivity contribution in [1.29, 1.82) is 0 Å². The van der Waals surface area contributed by atoms with E-state index in [0.29, 0.717) is 41.5 Å². The average molecular weight is 420 g/mol. The van der Waals surface area contributed by atoms with E-state index in [1.165, 1.54) is 6.07 Å². The zero-order valence-electron chi connectivity index (χ0n) is 16.8. The molecule has 2 aromatic carbocycles. The minimum absolute atomic E-state index is 0.149. The van der Waals surface area contributed by atoms with E-state index in [1.54, 1.807) is 43.5 Å². The predicted molar refractivity (Wildman–Crippen MR) is 113 cm³/mol. The number of carbonyl (C=O) groups excluding carboxylic acids is 1. The van der Waals surface area contributed by atoms with Gasteiger partial charge >= 0.3 is 0 Å². The molecule has 156 valence electrons. The second-order valence-electron chi connectivity index (χ2n) is 7.61. The van der Waals surface area contributed by atoms with Crippen molar-refractivity contribution in [2.45, 2.75) is 50.5 Å². The van der Waals surface area contributed by atoms with Gasteiger partial charge in [-0.25, -0.2) is 4.39 Å². The molecule has 1 N–H and O–H groups in total. The molecule has 0 spiro atoms. The summed E-state index contributed by atoms with van der Waals surface area (Å²) in [5, 5.41) is 3.35. The molecule has 1 amide bonds. The highest BCUT2D eigenvalue weighted by molar-refractivity contribution is 6.32. The largest absolute Gasteiger partial charge is 0.487 e. The molecule has 4 nitrogen and oxygen atoms in total. The van der Waals surface area contributed by atoms with E-state index in [1.807, 2.05) is 6.92 Å². The monoisotopic (exact) mass is 419 g/mol. The van der Waals surface area contributed by atoms with Crippen molar-refractivity contribution in [1.82, 2.24) is 0 Å². The zero-order valence-corrected chi connectivity index (χ0v) is 17.6. The Morgan fingerprint density at radius 1 is 1.21 bits per heavy atom. The number of anilines is 1. The predicted octanol–water partition coefficient (Wildman–Crippen LogP) is 5.73. The summed E-state index contributed by atoms with van der Waals surface area (Å²) in [7, 11) is 1.61. The molecule has 1 aliphatic carbocycles. The molecule has 0 radical (unpaired) electrons. The lowest BCUT2D eigenvalue weighted by molar-refractivity contribution is -0.122. The fourth-order valence-corrected chi connectivity index (χ4v) is 4.26. The molecular formula is C23H27ClFNO3. The van der Waals surface area contributed by atoms with Crippen molar-refractivity contribution >= 4 is 23.2 Å². The molecule has 6 heteroatoms. The number of hydrogen-bond donors (Lipinski definition) is 1. The summed E-state index contributed by atoms with van der Waals surface area (Å²) in [5.41, 5.74) is 0.169. The normalized spacial score (nSPS) is 16.8. The fourth-order valence-electron chi connectivity index (χ4n) is 4.03. The Hall–Kier alpha value is -2.11. The Bertz CT molecular complexity index is 852. The Morgan fingerprint density at radius 3 is 2.59 bits per heavy atom. The molecule has 1 atom stereocenters. The Balaban J connectivity index is 1.82. The summed E-state index contributed by atoms with van der Waals surface area (Å²) >= 11 is 6.34. The first-order valence-electron chi connectivity index (χ1n) is 9.98. The van der Waals surface area contributed by atoms with Crippen LogP contribution in [-0.2, 0) is 14.9 Å². The van der Waals surface area contributed by atoms with Crippen molar-refractivity contribution in [3.63, 3.8) is 0 Å². The summed E-state index contributed by atoms with van der Waals surface area (Å²) in [6.45, 7) is 2.33. The number of ether oxygens (including phenoxy) is 2. The molecule has 0 saturated heterocycles. The van der Waals surface area contributed by atoms with E-state index in [0.717, 1.165) is 19.3 Å². The third-order valence-electron chi connectivity index (χ3n) is 5.45. The van der Waals surface area contributed by atoms with Gasteiger partial charge in [0.2, 0.25) is 5.91 Å². The summed E-state index contributed by atoms with van der Waals surface area (Å²) in [6.07, 6.45) is 3.96. The second-order valence-corrected chi connectivity index (χ2v) is 8.01. The first kappa shape index (κ1) is 21.6. The lowest BCUT2D eigenvalue weighted by Gasteiger charge is -2.36. The van der Waals surface area contributed by atoms with Gasteiger partial charge in [-0.2, -0.15) is 0 Å². The number of hydrogen-bond acceptors (Lipinski definition) is 3. The van der Waals surface area contributed by atoms with Crippen LogP contribution in [0.4, 0.5) is 10.1 Å². The van der Waals surface area contributed by atoms with Crippen LogP contribution in [-0.4, -0.2) is 25.7 Å². The van der Waals surface area contributed by atoms with Crippen molar-refractivity contribution < 1.29 is 18.7 Å². The number of halogens is 2. The number of rotatable bonds is 7. The third-order valence-corrected chi connectivity index (χ3v) is 5.75. The number of amides is 1. The number of carbonyl (C=O) groups is 1. The molecule has 1 saturated carbocycles. The van der Waals surface area contributed by atoms with Crippen LogP contribution in [0.5, 0.6) is 5.75 Å². The average Bonchev–Trinajstić information content (AvgIpc) is 2.71. The number of nitrogens with one attached hydrogen (secondary N) is 1. The van der Waals surface area contributed by atoms with E-state index in [9.17, 15) is 9.18 Å². The van der Waals surface area contributed by atoms with Gasteiger partial charge in [-0.1, -0.05) is 49.1 Å². The lowest BCUT2D eigenvalue weighted by atomic mass is 9.68. The van der Waals surface area contributed by atoms with Crippen LogP contribution in [0.3, 0.4) is 0 Å². The highest BCUT2D eigenvalue weighted by atomic mass is 35.5. The van der Waals surface area contributed by atoms with Gasteiger partial charge in [0, 0.05) is 18.4 Å². The number of benzene rings is 2. The molecule has 1 fully saturated rings. The highest BCUT2D eigenvalue weighted by Gasteiger charge is 2.42. The minimum atomic E-state index is -0.863. The first-order valence-corrected chi connectivity index (χ1v) is 10.4. The smallest absolute Gasteiger partial charge is 0.235 e. The van der Waals surface area contributed by atoms with Gasteiger partial charge in [0.1, 0.15) is 17.7 Å². The molecule has 0 bridgehead atoms. The van der Waals surface area contributed by atoms with Crippen molar-refractivity contribution in [3.8, 4) is 5.75 Å². The molecular weight excluding hydrogens is 393 g/mol. The van der Waals surface area contributed by atoms with E-state index in [-0.39, 0.29) is 17.8 Å². The van der Waals surface area contributed by atoms with E-state index < -0.39 is 5.41 Å². The molecule has 0 aromatic heterocycles. The molecule has 2 aromatic rings. The van der Waals surface area contributed by atoms with Crippen molar-refractivity contribution in [2.75, 3.05) is 19.0 Å². The molecule has 0 aliphatic heterocycles. The molecule has 0 unspecified atom stereocenters. The van der Waals surface area contributed by atoms with Gasteiger partial charge < -0.3 is 14.8 Å². The maximum atomic E-state index is 14.6. The first-order chi connectivity index (χ1) is 14.0. The van der Waals surface area contributed by atoms with E-state index in [2.05, 4.69) is 5.32 Å². The van der Waals surface area contributed by atoms with E-state index >= 15 is 0 Å². The van der Waals surface area contributed by atoms with Crippen LogP contribution in [0, 0.1) is 5.82 Å². The number of methoxy groups -OCH3 is 1. The van der Waals surface area contributed by atoms with Gasteiger partial charge in [0.25, 0.3) is 0 Å². The molecule has 29 heavy (non-hydrogen) atoms. The van der Waals surface area contributed by atoms with Crippen LogP contribution in [0.15, 0.2) is 42.5 Å². The fraction of sp³-hybridized carbons (Fsp3) is 0.435. The Kier molecular flexibility index (Phi) is 7.14. The van der Waals surface area contributed by atoms with Gasteiger partial charge in [0.15, 0.2) is 0 Å². The van der Waals surface area contributed by atoms with Gasteiger partial charge in [-0.05, 0) is 44.0 Å². The van der Waals surface area contributed by atoms with Crippen LogP contribution in [0.25, 0.3) is 0 Å². The van der Waals surface area contributed by atoms with Crippen molar-refractivity contribution in [2.24, 2.45) is 0 Å². The van der Waals surface area contributed by atoms with Crippen LogP contribution in [0.2, 0.25) is 5.02 Å². The molecule has 3 rings (SSSR count). The maximum absolute atomic E-state index is 14.6. The summed E-state index contributed by atoms with van der Waals surface area (Å²) in [4.78, 5) is 13.3. The summed E-state index contributed by atoms with van der Waals surface area (Å²) < 4.78 is 25.4. The quantitative estimate of drug-likeness (QED) is 0.623. The standard InChI is InChI=1S/C23H27ClFNO3/c1-16(15-28-2)29-21-11-10-17(14-19(21)24)26-22(27)23(12-6-3-7-13-23)18-8-4-5-9-20(18)25/h4-5,8-11,14,16H,3,6-7,12-13,15H2,1-2H3,(H,26,27)/t16-/m0/s1. The summed E-state index contributed by atoms with van der Waals surface area (Å²) in [5.74, 6) is -0.00561. The minimum Gasteiger partial charge on any atom is -0.487 e. The summed E-state index contributed by atoms with van der Waals surface area (Å²) in [6, 6.07) is 11.7. The van der Waals surface area contributed by atoms with Gasteiger partial charge in [0.05, 0.1) is 17.0 Å². The molecule has 0 heterocycles. The molecule has 1 aliphatic rings. The zero-order chi connectivity index (χ0) is 20.9.